The molecule has 1 fully saturated rings. The molecule has 2 atom stereocenters. The van der Waals surface area contributed by atoms with Gasteiger partial charge < -0.3 is 15.0 Å². The van der Waals surface area contributed by atoms with Crippen molar-refractivity contribution >= 4 is 16.5 Å². The maximum atomic E-state index is 5.79. The number of aryl methyl sites for hydroxylation is 1. The molecule has 1 N–H and O–H groups in total. The van der Waals surface area contributed by atoms with E-state index in [-0.39, 0.29) is 0 Å². The van der Waals surface area contributed by atoms with E-state index >= 15 is 0 Å². The Bertz CT molecular complexity index is 456. The van der Waals surface area contributed by atoms with Gasteiger partial charge in [-0.25, -0.2) is 4.98 Å². The number of hydrogen-bond donors (Lipinski definition) is 1. The van der Waals surface area contributed by atoms with Crippen molar-refractivity contribution < 1.29 is 4.74 Å². The molecule has 1 aliphatic carbocycles. The zero-order valence-corrected chi connectivity index (χ0v) is 14.0. The van der Waals surface area contributed by atoms with E-state index in [1.165, 1.54) is 41.4 Å². The van der Waals surface area contributed by atoms with E-state index in [1.807, 2.05) is 11.3 Å². The molecule has 0 aromatic carbocycles. The molecule has 21 heavy (non-hydrogen) atoms. The summed E-state index contributed by atoms with van der Waals surface area (Å²) in [6, 6.07) is 0.520. The minimum atomic E-state index is 0.399. The number of rotatable bonds is 6. The van der Waals surface area contributed by atoms with Gasteiger partial charge in [-0.1, -0.05) is 18.3 Å². The summed E-state index contributed by atoms with van der Waals surface area (Å²) < 4.78 is 5.79. The van der Waals surface area contributed by atoms with Crippen LogP contribution in [0.1, 0.15) is 56.1 Å². The molecule has 0 saturated carbocycles. The Morgan fingerprint density at radius 1 is 1.33 bits per heavy atom. The summed E-state index contributed by atoms with van der Waals surface area (Å²) in [5.41, 5.74) is 1.33. The van der Waals surface area contributed by atoms with E-state index in [2.05, 4.69) is 24.1 Å². The van der Waals surface area contributed by atoms with Gasteiger partial charge in [0, 0.05) is 30.6 Å². The van der Waals surface area contributed by atoms with Gasteiger partial charge in [-0.05, 0) is 45.6 Å². The van der Waals surface area contributed by atoms with Crippen molar-refractivity contribution in [2.45, 2.75) is 58.1 Å². The molecule has 118 valence electrons. The summed E-state index contributed by atoms with van der Waals surface area (Å²) in [6.07, 6.45) is 6.45. The first-order chi connectivity index (χ1) is 10.3. The molecule has 0 amide bonds. The second-order valence-electron chi connectivity index (χ2n) is 5.98. The van der Waals surface area contributed by atoms with E-state index < -0.39 is 0 Å². The third kappa shape index (κ3) is 3.41. The van der Waals surface area contributed by atoms with Crippen LogP contribution in [0.2, 0.25) is 0 Å². The standard InChI is InChI=1S/C16H27N3OS/c1-3-17-13-8-5-9-14-15(13)21-16(18-14)19(4-2)11-12-7-6-10-20-12/h12-13,17H,3-11H2,1-2H3. The Labute approximate surface area is 131 Å². The number of likely N-dealkylation sites (N-methyl/N-ethyl adjacent to an activating group) is 1. The van der Waals surface area contributed by atoms with E-state index in [4.69, 9.17) is 9.72 Å². The van der Waals surface area contributed by atoms with Gasteiger partial charge in [0.25, 0.3) is 0 Å². The first kappa shape index (κ1) is 15.3. The Morgan fingerprint density at radius 3 is 2.95 bits per heavy atom. The highest BCUT2D eigenvalue weighted by atomic mass is 32.1. The molecule has 1 aromatic rings. The van der Waals surface area contributed by atoms with E-state index in [1.54, 1.807) is 0 Å². The molecule has 5 heteroatoms. The van der Waals surface area contributed by atoms with Crippen LogP contribution in [-0.4, -0.2) is 37.3 Å². The van der Waals surface area contributed by atoms with Crippen LogP contribution in [0.5, 0.6) is 0 Å². The fourth-order valence-electron chi connectivity index (χ4n) is 3.36. The van der Waals surface area contributed by atoms with Crippen LogP contribution in [-0.2, 0) is 11.2 Å². The number of nitrogens with zero attached hydrogens (tertiary/aromatic N) is 2. The SMILES string of the molecule is CCNC1CCCc2nc(N(CC)CC3CCCO3)sc21. The van der Waals surface area contributed by atoms with Gasteiger partial charge in [-0.3, -0.25) is 0 Å². The van der Waals surface area contributed by atoms with Crippen molar-refractivity contribution in [3.63, 3.8) is 0 Å². The minimum Gasteiger partial charge on any atom is -0.376 e. The number of ether oxygens (including phenoxy) is 1. The lowest BCUT2D eigenvalue weighted by molar-refractivity contribution is 0.115. The Hall–Kier alpha value is -0.650. The predicted molar refractivity (Wildman–Crippen MR) is 88.3 cm³/mol. The van der Waals surface area contributed by atoms with Gasteiger partial charge in [0.05, 0.1) is 11.8 Å². The van der Waals surface area contributed by atoms with Crippen LogP contribution >= 0.6 is 11.3 Å². The van der Waals surface area contributed by atoms with Gasteiger partial charge in [0.1, 0.15) is 0 Å². The largest absolute Gasteiger partial charge is 0.376 e. The Kier molecular flexibility index (Phi) is 5.14. The number of aromatic nitrogens is 1. The van der Waals surface area contributed by atoms with Crippen molar-refractivity contribution in [2.75, 3.05) is 31.1 Å². The van der Waals surface area contributed by atoms with Crippen LogP contribution < -0.4 is 10.2 Å². The quantitative estimate of drug-likeness (QED) is 0.876. The average molecular weight is 309 g/mol. The fourth-order valence-corrected chi connectivity index (χ4v) is 4.65. The summed E-state index contributed by atoms with van der Waals surface area (Å²) in [5, 5.41) is 4.81. The molecule has 4 nitrogen and oxygen atoms in total. The fraction of sp³-hybridized carbons (Fsp3) is 0.812. The lowest BCUT2D eigenvalue weighted by Gasteiger charge is -2.23. The molecule has 1 aliphatic heterocycles. The maximum absolute atomic E-state index is 5.79. The van der Waals surface area contributed by atoms with Gasteiger partial charge in [-0.15, -0.1) is 0 Å². The molecule has 0 radical (unpaired) electrons. The summed E-state index contributed by atoms with van der Waals surface area (Å²) in [5.74, 6) is 0. The second-order valence-corrected chi connectivity index (χ2v) is 6.99. The van der Waals surface area contributed by atoms with E-state index in [9.17, 15) is 0 Å². The number of hydrogen-bond acceptors (Lipinski definition) is 5. The van der Waals surface area contributed by atoms with Crippen molar-refractivity contribution in [3.8, 4) is 0 Å². The summed E-state index contributed by atoms with van der Waals surface area (Å²) in [4.78, 5) is 8.83. The molecule has 2 unspecified atom stereocenters. The van der Waals surface area contributed by atoms with Gasteiger partial charge >= 0.3 is 0 Å². The molecule has 2 heterocycles. The van der Waals surface area contributed by atoms with Crippen LogP contribution in [0, 0.1) is 0 Å². The Morgan fingerprint density at radius 2 is 2.24 bits per heavy atom. The predicted octanol–water partition coefficient (Wildman–Crippen LogP) is 3.14. The number of anilines is 1. The lowest BCUT2D eigenvalue weighted by atomic mass is 9.98. The molecule has 1 saturated heterocycles. The van der Waals surface area contributed by atoms with Gasteiger partial charge in [0.2, 0.25) is 0 Å². The van der Waals surface area contributed by atoms with Crippen molar-refractivity contribution in [1.29, 1.82) is 0 Å². The first-order valence-corrected chi connectivity index (χ1v) is 9.23. The summed E-state index contributed by atoms with van der Waals surface area (Å²) in [7, 11) is 0. The van der Waals surface area contributed by atoms with Crippen molar-refractivity contribution in [1.82, 2.24) is 10.3 Å². The lowest BCUT2D eigenvalue weighted by Crippen LogP contribution is -2.31. The molecule has 0 bridgehead atoms. The van der Waals surface area contributed by atoms with E-state index in [0.29, 0.717) is 12.1 Å². The van der Waals surface area contributed by atoms with Crippen LogP contribution in [0.3, 0.4) is 0 Å². The second kappa shape index (κ2) is 7.07. The minimum absolute atomic E-state index is 0.399. The molecular weight excluding hydrogens is 282 g/mol. The zero-order chi connectivity index (χ0) is 14.7. The summed E-state index contributed by atoms with van der Waals surface area (Å²) >= 11 is 1.90. The highest BCUT2D eigenvalue weighted by Crippen LogP contribution is 2.37. The highest BCUT2D eigenvalue weighted by molar-refractivity contribution is 7.15. The number of nitrogens with one attached hydrogen (secondary N) is 1. The van der Waals surface area contributed by atoms with E-state index in [0.717, 1.165) is 32.7 Å². The third-order valence-corrected chi connectivity index (χ3v) is 5.76. The smallest absolute Gasteiger partial charge is 0.185 e. The summed E-state index contributed by atoms with van der Waals surface area (Å²) in [6.45, 7) is 8.37. The molecule has 2 aliphatic rings. The van der Waals surface area contributed by atoms with Gasteiger partial charge in [-0.2, -0.15) is 0 Å². The third-order valence-electron chi connectivity index (χ3n) is 4.49. The van der Waals surface area contributed by atoms with Crippen LogP contribution in [0.25, 0.3) is 0 Å². The average Bonchev–Trinajstić information content (AvgIpc) is 3.14. The first-order valence-electron chi connectivity index (χ1n) is 8.41. The molecule has 1 aromatic heterocycles. The Balaban J connectivity index is 1.74. The number of thiazole rings is 1. The number of fused-ring (bicyclic) bond motifs is 1. The zero-order valence-electron chi connectivity index (χ0n) is 13.2. The normalized spacial score (nSPS) is 25.0. The molecule has 0 spiro atoms. The monoisotopic (exact) mass is 309 g/mol. The topological polar surface area (TPSA) is 37.4 Å². The van der Waals surface area contributed by atoms with Crippen LogP contribution in [0.15, 0.2) is 0 Å². The maximum Gasteiger partial charge on any atom is 0.185 e. The van der Waals surface area contributed by atoms with Crippen molar-refractivity contribution in [2.24, 2.45) is 0 Å². The molecular formula is C16H27N3OS. The highest BCUT2D eigenvalue weighted by Gasteiger charge is 2.26. The van der Waals surface area contributed by atoms with Crippen molar-refractivity contribution in [3.05, 3.63) is 10.6 Å². The van der Waals surface area contributed by atoms with Gasteiger partial charge in [0.15, 0.2) is 5.13 Å². The van der Waals surface area contributed by atoms with Crippen LogP contribution in [0.4, 0.5) is 5.13 Å². The molecule has 3 rings (SSSR count).